The molecule has 0 saturated carbocycles. The van der Waals surface area contributed by atoms with Crippen LogP contribution >= 0.6 is 0 Å². The fraction of sp³-hybridized carbons (Fsp3) is 0.235. The average molecular weight is 312 g/mol. The largest absolute Gasteiger partial charge is 0.465 e. The van der Waals surface area contributed by atoms with Crippen LogP contribution in [0.5, 0.6) is 0 Å². The minimum atomic E-state index is -0.551. The predicted octanol–water partition coefficient (Wildman–Crippen LogP) is 2.65. The molecular formula is C17H16N2O4. The number of nitriles is 1. The number of carbonyl (C=O) groups excluding carboxylic acids is 2. The van der Waals surface area contributed by atoms with Crippen molar-refractivity contribution in [1.29, 1.82) is 5.26 Å². The first kappa shape index (κ1) is 16.3. The molecule has 6 heteroatoms. The molecule has 1 N–H and O–H groups in total. The number of aromatic amines is 1. The van der Waals surface area contributed by atoms with E-state index in [4.69, 9.17) is 14.7 Å². The van der Waals surface area contributed by atoms with Gasteiger partial charge >= 0.3 is 11.9 Å². The van der Waals surface area contributed by atoms with Gasteiger partial charge in [-0.15, -0.1) is 0 Å². The van der Waals surface area contributed by atoms with Crippen LogP contribution in [0.15, 0.2) is 24.3 Å². The first-order chi connectivity index (χ1) is 11.0. The third-order valence-electron chi connectivity index (χ3n) is 3.48. The van der Waals surface area contributed by atoms with E-state index in [1.54, 1.807) is 38.1 Å². The van der Waals surface area contributed by atoms with Gasteiger partial charge in [-0.05, 0) is 37.1 Å². The topological polar surface area (TPSA) is 92.2 Å². The van der Waals surface area contributed by atoms with Gasteiger partial charge in [0, 0.05) is 5.69 Å². The van der Waals surface area contributed by atoms with Crippen molar-refractivity contribution in [3.8, 4) is 6.07 Å². The van der Waals surface area contributed by atoms with Crippen molar-refractivity contribution in [2.75, 3.05) is 7.11 Å². The van der Waals surface area contributed by atoms with E-state index in [1.807, 2.05) is 6.07 Å². The zero-order chi connectivity index (χ0) is 17.0. The summed E-state index contributed by atoms with van der Waals surface area (Å²) in [6.07, 6.45) is 0. The summed E-state index contributed by atoms with van der Waals surface area (Å²) in [6.45, 7) is 3.43. The quantitative estimate of drug-likeness (QED) is 0.876. The number of hydrogen-bond donors (Lipinski definition) is 1. The lowest BCUT2D eigenvalue weighted by Crippen LogP contribution is -2.08. The van der Waals surface area contributed by atoms with E-state index >= 15 is 0 Å². The van der Waals surface area contributed by atoms with Gasteiger partial charge in [0.1, 0.15) is 12.3 Å². The molecule has 2 rings (SSSR count). The van der Waals surface area contributed by atoms with Gasteiger partial charge in [-0.25, -0.2) is 9.59 Å². The number of aromatic nitrogens is 1. The molecule has 0 saturated heterocycles. The summed E-state index contributed by atoms with van der Waals surface area (Å²) in [5.74, 6) is -1.05. The van der Waals surface area contributed by atoms with Gasteiger partial charge in [-0.3, -0.25) is 0 Å². The SMILES string of the molecule is COC(=O)c1c(C)[nH]c(C(=O)OCc2ccc(C#N)cc2)c1C. The van der Waals surface area contributed by atoms with Gasteiger partial charge in [-0.2, -0.15) is 5.26 Å². The van der Waals surface area contributed by atoms with Crippen LogP contribution in [0.1, 0.15) is 43.2 Å². The van der Waals surface area contributed by atoms with Crippen LogP contribution in [-0.4, -0.2) is 24.0 Å². The zero-order valence-electron chi connectivity index (χ0n) is 13.1. The number of methoxy groups -OCH3 is 1. The molecule has 1 aromatic heterocycles. The molecule has 0 spiro atoms. The number of carbonyl (C=O) groups is 2. The van der Waals surface area contributed by atoms with Crippen molar-refractivity contribution in [1.82, 2.24) is 4.98 Å². The van der Waals surface area contributed by atoms with Gasteiger partial charge in [0.25, 0.3) is 0 Å². The third kappa shape index (κ3) is 3.40. The second-order valence-electron chi connectivity index (χ2n) is 5.00. The maximum Gasteiger partial charge on any atom is 0.355 e. The molecule has 0 aliphatic carbocycles. The van der Waals surface area contributed by atoms with Crippen molar-refractivity contribution in [2.24, 2.45) is 0 Å². The highest BCUT2D eigenvalue weighted by Gasteiger charge is 2.23. The smallest absolute Gasteiger partial charge is 0.355 e. The number of nitrogens with zero attached hydrogens (tertiary/aromatic N) is 1. The number of rotatable bonds is 4. The Labute approximate surface area is 133 Å². The summed E-state index contributed by atoms with van der Waals surface area (Å²) in [6, 6.07) is 8.77. The van der Waals surface area contributed by atoms with Gasteiger partial charge in [0.2, 0.25) is 0 Å². The number of H-pyrrole nitrogens is 1. The molecule has 0 amide bonds. The Morgan fingerprint density at radius 3 is 2.39 bits per heavy atom. The summed E-state index contributed by atoms with van der Waals surface area (Å²) < 4.78 is 9.95. The van der Waals surface area contributed by atoms with Crippen LogP contribution in [-0.2, 0) is 16.1 Å². The van der Waals surface area contributed by atoms with Gasteiger partial charge in [0.05, 0.1) is 24.3 Å². The number of esters is 2. The molecule has 0 aliphatic rings. The maximum absolute atomic E-state index is 12.2. The maximum atomic E-state index is 12.2. The fourth-order valence-electron chi connectivity index (χ4n) is 2.26. The Morgan fingerprint density at radius 1 is 1.17 bits per heavy atom. The minimum Gasteiger partial charge on any atom is -0.465 e. The Kier molecular flexibility index (Phi) is 4.82. The number of aryl methyl sites for hydroxylation is 1. The Bertz CT molecular complexity index is 782. The van der Waals surface area contributed by atoms with Gasteiger partial charge in [-0.1, -0.05) is 12.1 Å². The molecule has 118 valence electrons. The van der Waals surface area contributed by atoms with Crippen molar-refractivity contribution in [2.45, 2.75) is 20.5 Å². The van der Waals surface area contributed by atoms with E-state index in [1.165, 1.54) is 7.11 Å². The molecule has 23 heavy (non-hydrogen) atoms. The number of benzene rings is 1. The minimum absolute atomic E-state index is 0.0790. The standard InChI is InChI=1S/C17H16N2O4/c1-10-14(16(20)22-3)11(2)19-15(10)17(21)23-9-13-6-4-12(8-18)5-7-13/h4-7,19H,9H2,1-3H3. The average Bonchev–Trinajstić information content (AvgIpc) is 2.87. The van der Waals surface area contributed by atoms with Crippen LogP contribution < -0.4 is 0 Å². The number of ether oxygens (including phenoxy) is 2. The first-order valence-electron chi connectivity index (χ1n) is 6.91. The first-order valence-corrected chi connectivity index (χ1v) is 6.91. The molecule has 0 unspecified atom stereocenters. The van der Waals surface area contributed by atoms with E-state index in [9.17, 15) is 9.59 Å². The second-order valence-corrected chi connectivity index (χ2v) is 5.00. The zero-order valence-corrected chi connectivity index (χ0v) is 13.1. The highest BCUT2D eigenvalue weighted by atomic mass is 16.5. The normalized spacial score (nSPS) is 10.0. The van der Waals surface area contributed by atoms with Crippen LogP contribution in [0.4, 0.5) is 0 Å². The lowest BCUT2D eigenvalue weighted by atomic mass is 10.1. The van der Waals surface area contributed by atoms with Crippen molar-refractivity contribution >= 4 is 11.9 Å². The molecule has 0 bridgehead atoms. The van der Waals surface area contributed by atoms with E-state index in [-0.39, 0.29) is 12.3 Å². The predicted molar refractivity (Wildman–Crippen MR) is 81.9 cm³/mol. The monoisotopic (exact) mass is 312 g/mol. The second kappa shape index (κ2) is 6.79. The third-order valence-corrected chi connectivity index (χ3v) is 3.48. The van der Waals surface area contributed by atoms with Gasteiger partial charge < -0.3 is 14.5 Å². The summed E-state index contributed by atoms with van der Waals surface area (Å²) in [7, 11) is 1.29. The number of hydrogen-bond acceptors (Lipinski definition) is 5. The van der Waals surface area contributed by atoms with Crippen LogP contribution in [0, 0.1) is 25.2 Å². The highest BCUT2D eigenvalue weighted by molar-refractivity contribution is 5.98. The van der Waals surface area contributed by atoms with Crippen LogP contribution in [0.3, 0.4) is 0 Å². The summed E-state index contributed by atoms with van der Waals surface area (Å²) >= 11 is 0. The Morgan fingerprint density at radius 2 is 1.83 bits per heavy atom. The molecule has 2 aromatic rings. The molecule has 0 aliphatic heterocycles. The molecular weight excluding hydrogens is 296 g/mol. The molecule has 6 nitrogen and oxygen atoms in total. The number of nitrogens with one attached hydrogen (secondary N) is 1. The van der Waals surface area contributed by atoms with Crippen LogP contribution in [0.25, 0.3) is 0 Å². The van der Waals surface area contributed by atoms with E-state index in [0.717, 1.165) is 5.56 Å². The summed E-state index contributed by atoms with van der Waals surface area (Å²) in [4.78, 5) is 26.8. The summed E-state index contributed by atoms with van der Waals surface area (Å²) in [5, 5.41) is 8.74. The van der Waals surface area contributed by atoms with Crippen molar-refractivity contribution in [3.63, 3.8) is 0 Å². The van der Waals surface area contributed by atoms with E-state index < -0.39 is 11.9 Å². The molecule has 1 aromatic carbocycles. The highest BCUT2D eigenvalue weighted by Crippen LogP contribution is 2.20. The molecule has 0 fully saturated rings. The molecule has 1 heterocycles. The van der Waals surface area contributed by atoms with Crippen molar-refractivity contribution in [3.05, 3.63) is 57.9 Å². The molecule has 0 radical (unpaired) electrons. The van der Waals surface area contributed by atoms with E-state index in [2.05, 4.69) is 4.98 Å². The lowest BCUT2D eigenvalue weighted by molar-refractivity contribution is 0.0465. The Hall–Kier alpha value is -3.07. The Balaban J connectivity index is 2.12. The lowest BCUT2D eigenvalue weighted by Gasteiger charge is -2.05. The van der Waals surface area contributed by atoms with Crippen molar-refractivity contribution < 1.29 is 19.1 Å². The fourth-order valence-corrected chi connectivity index (χ4v) is 2.26. The summed E-state index contributed by atoms with van der Waals surface area (Å²) in [5.41, 5.74) is 2.94. The molecule has 0 atom stereocenters. The van der Waals surface area contributed by atoms with Crippen LogP contribution in [0.2, 0.25) is 0 Å². The van der Waals surface area contributed by atoms with E-state index in [0.29, 0.717) is 22.4 Å². The van der Waals surface area contributed by atoms with Gasteiger partial charge in [0.15, 0.2) is 0 Å².